The Bertz CT molecular complexity index is 896. The molecule has 146 valence electrons. The Hall–Kier alpha value is -2.93. The molecule has 1 saturated heterocycles. The first kappa shape index (κ1) is 18.4. The van der Waals surface area contributed by atoms with Crippen LogP contribution in [0.25, 0.3) is 0 Å². The molecule has 7 heteroatoms. The molecule has 0 aliphatic carbocycles. The lowest BCUT2D eigenvalue weighted by Crippen LogP contribution is -2.51. The lowest BCUT2D eigenvalue weighted by Gasteiger charge is -2.40. The smallest absolute Gasteiger partial charge is 0.245 e. The zero-order chi connectivity index (χ0) is 19.5. The molecule has 1 amide bonds. The van der Waals surface area contributed by atoms with E-state index in [1.54, 1.807) is 12.5 Å². The zero-order valence-corrected chi connectivity index (χ0v) is 16.3. The van der Waals surface area contributed by atoms with Gasteiger partial charge < -0.3 is 14.0 Å². The molecular formula is C21H26N6O. The van der Waals surface area contributed by atoms with Gasteiger partial charge in [0.15, 0.2) is 0 Å². The quantitative estimate of drug-likeness (QED) is 0.682. The van der Waals surface area contributed by atoms with Gasteiger partial charge in [0.05, 0.1) is 12.4 Å². The standard InChI is InChI=1S/C21H26N6O/c1-17(27-11-8-22-16-27)21(28)26-14-12-25(13-15-26)19(18-6-4-3-5-7-18)20-23-9-10-24(20)2/h3-11,16-17,19H,12-15H2,1-2H3/t17-,19-/m1/s1. The highest BCUT2D eigenvalue weighted by Gasteiger charge is 2.31. The minimum Gasteiger partial charge on any atom is -0.338 e. The van der Waals surface area contributed by atoms with Gasteiger partial charge in [-0.2, -0.15) is 0 Å². The summed E-state index contributed by atoms with van der Waals surface area (Å²) in [6, 6.07) is 10.3. The molecule has 1 aliphatic heterocycles. The van der Waals surface area contributed by atoms with Gasteiger partial charge >= 0.3 is 0 Å². The molecule has 2 atom stereocenters. The van der Waals surface area contributed by atoms with E-state index in [1.165, 1.54) is 5.56 Å². The zero-order valence-electron chi connectivity index (χ0n) is 16.3. The number of carbonyl (C=O) groups is 1. The maximum absolute atomic E-state index is 12.9. The fourth-order valence-electron chi connectivity index (χ4n) is 3.89. The second kappa shape index (κ2) is 7.98. The highest BCUT2D eigenvalue weighted by atomic mass is 16.2. The molecule has 0 saturated carbocycles. The fraction of sp³-hybridized carbons (Fsp3) is 0.381. The average Bonchev–Trinajstić information content (AvgIpc) is 3.41. The lowest BCUT2D eigenvalue weighted by molar-refractivity contribution is -0.136. The van der Waals surface area contributed by atoms with E-state index in [2.05, 4.69) is 43.7 Å². The lowest BCUT2D eigenvalue weighted by atomic mass is 10.0. The van der Waals surface area contributed by atoms with Crippen molar-refractivity contribution in [2.45, 2.75) is 19.0 Å². The van der Waals surface area contributed by atoms with Crippen molar-refractivity contribution in [2.75, 3.05) is 26.2 Å². The van der Waals surface area contributed by atoms with Crippen molar-refractivity contribution in [3.63, 3.8) is 0 Å². The van der Waals surface area contributed by atoms with Crippen LogP contribution in [0.2, 0.25) is 0 Å². The van der Waals surface area contributed by atoms with Crippen LogP contribution in [0.4, 0.5) is 0 Å². The summed E-state index contributed by atoms with van der Waals surface area (Å²) >= 11 is 0. The summed E-state index contributed by atoms with van der Waals surface area (Å²) in [5.41, 5.74) is 1.23. The number of imidazole rings is 2. The molecule has 0 spiro atoms. The molecule has 4 rings (SSSR count). The molecule has 2 aromatic heterocycles. The summed E-state index contributed by atoms with van der Waals surface area (Å²) < 4.78 is 3.94. The number of hydrogen-bond donors (Lipinski definition) is 0. The van der Waals surface area contributed by atoms with Gasteiger partial charge in [-0.05, 0) is 12.5 Å². The summed E-state index contributed by atoms with van der Waals surface area (Å²) in [7, 11) is 2.03. The second-order valence-electron chi connectivity index (χ2n) is 7.26. The van der Waals surface area contributed by atoms with Gasteiger partial charge in [0.25, 0.3) is 0 Å². The van der Waals surface area contributed by atoms with Crippen LogP contribution < -0.4 is 0 Å². The Balaban J connectivity index is 1.49. The molecule has 1 aliphatic rings. The number of rotatable bonds is 5. The first-order chi connectivity index (χ1) is 13.6. The van der Waals surface area contributed by atoms with Gasteiger partial charge in [-0.1, -0.05) is 30.3 Å². The van der Waals surface area contributed by atoms with Crippen molar-refractivity contribution in [3.8, 4) is 0 Å². The van der Waals surface area contributed by atoms with Crippen molar-refractivity contribution >= 4 is 5.91 Å². The Kier molecular flexibility index (Phi) is 5.25. The number of amides is 1. The number of nitrogens with zero attached hydrogens (tertiary/aromatic N) is 6. The predicted octanol–water partition coefficient (Wildman–Crippen LogP) is 2.11. The minimum absolute atomic E-state index is 0.0875. The van der Waals surface area contributed by atoms with Gasteiger partial charge in [0, 0.05) is 58.0 Å². The fourth-order valence-corrected chi connectivity index (χ4v) is 3.89. The summed E-state index contributed by atoms with van der Waals surface area (Å²) in [5.74, 6) is 1.17. The molecule has 1 aromatic carbocycles. The molecule has 0 N–H and O–H groups in total. The monoisotopic (exact) mass is 378 g/mol. The minimum atomic E-state index is -0.228. The van der Waals surface area contributed by atoms with Crippen LogP contribution in [0.5, 0.6) is 0 Å². The van der Waals surface area contributed by atoms with Gasteiger partial charge in [-0.15, -0.1) is 0 Å². The van der Waals surface area contributed by atoms with Crippen molar-refractivity contribution in [3.05, 3.63) is 72.8 Å². The molecular weight excluding hydrogens is 352 g/mol. The first-order valence-electron chi connectivity index (χ1n) is 9.67. The van der Waals surface area contributed by atoms with E-state index in [0.29, 0.717) is 13.1 Å². The molecule has 1 fully saturated rings. The van der Waals surface area contributed by atoms with Crippen molar-refractivity contribution in [2.24, 2.45) is 7.05 Å². The third kappa shape index (κ3) is 3.57. The number of aromatic nitrogens is 4. The van der Waals surface area contributed by atoms with Crippen LogP contribution >= 0.6 is 0 Å². The van der Waals surface area contributed by atoms with E-state index in [-0.39, 0.29) is 18.0 Å². The summed E-state index contributed by atoms with van der Waals surface area (Å²) in [5, 5.41) is 0. The predicted molar refractivity (Wildman–Crippen MR) is 107 cm³/mol. The second-order valence-corrected chi connectivity index (χ2v) is 7.26. The summed E-state index contributed by atoms with van der Waals surface area (Å²) in [4.78, 5) is 25.9. The van der Waals surface area contributed by atoms with E-state index in [1.807, 2.05) is 48.1 Å². The topological polar surface area (TPSA) is 59.2 Å². The number of benzene rings is 1. The third-order valence-corrected chi connectivity index (χ3v) is 5.54. The Morgan fingerprint density at radius 2 is 1.79 bits per heavy atom. The van der Waals surface area contributed by atoms with Gasteiger partial charge in [0.2, 0.25) is 5.91 Å². The molecule has 0 bridgehead atoms. The Morgan fingerprint density at radius 1 is 1.04 bits per heavy atom. The van der Waals surface area contributed by atoms with Crippen LogP contribution in [0.3, 0.4) is 0 Å². The number of aryl methyl sites for hydroxylation is 1. The molecule has 0 radical (unpaired) electrons. The van der Waals surface area contributed by atoms with E-state index >= 15 is 0 Å². The average molecular weight is 378 g/mol. The Morgan fingerprint density at radius 3 is 2.39 bits per heavy atom. The van der Waals surface area contributed by atoms with Crippen LogP contribution in [0.15, 0.2) is 61.4 Å². The number of hydrogen-bond acceptors (Lipinski definition) is 4. The van der Waals surface area contributed by atoms with Crippen molar-refractivity contribution in [1.29, 1.82) is 0 Å². The molecule has 3 aromatic rings. The van der Waals surface area contributed by atoms with E-state index in [4.69, 9.17) is 0 Å². The van der Waals surface area contributed by atoms with Crippen LogP contribution in [0.1, 0.15) is 30.4 Å². The maximum Gasteiger partial charge on any atom is 0.245 e. The summed E-state index contributed by atoms with van der Waals surface area (Å²) in [6.45, 7) is 4.98. The highest BCUT2D eigenvalue weighted by molar-refractivity contribution is 5.80. The van der Waals surface area contributed by atoms with Crippen molar-refractivity contribution in [1.82, 2.24) is 28.9 Å². The molecule has 7 nitrogen and oxygen atoms in total. The van der Waals surface area contributed by atoms with Crippen molar-refractivity contribution < 1.29 is 4.79 Å². The molecule has 0 unspecified atom stereocenters. The maximum atomic E-state index is 12.9. The van der Waals surface area contributed by atoms with E-state index in [0.717, 1.165) is 18.9 Å². The van der Waals surface area contributed by atoms with E-state index in [9.17, 15) is 4.79 Å². The van der Waals surface area contributed by atoms with Gasteiger partial charge in [0.1, 0.15) is 11.9 Å². The van der Waals surface area contributed by atoms with Gasteiger partial charge in [-0.3, -0.25) is 9.69 Å². The Labute approximate surface area is 165 Å². The van der Waals surface area contributed by atoms with Crippen LogP contribution in [0, 0.1) is 0 Å². The SMILES string of the molecule is C[C@H](C(=O)N1CCN([C@H](c2ccccc2)c2nccn2C)CC1)n1ccnc1. The van der Waals surface area contributed by atoms with Crippen LogP contribution in [-0.2, 0) is 11.8 Å². The first-order valence-corrected chi connectivity index (χ1v) is 9.67. The van der Waals surface area contributed by atoms with Gasteiger partial charge in [-0.25, -0.2) is 9.97 Å². The number of piperazine rings is 1. The van der Waals surface area contributed by atoms with Crippen LogP contribution in [-0.4, -0.2) is 61.0 Å². The molecule has 3 heterocycles. The molecule has 28 heavy (non-hydrogen) atoms. The largest absolute Gasteiger partial charge is 0.338 e. The number of carbonyl (C=O) groups excluding carboxylic acids is 1. The van der Waals surface area contributed by atoms with E-state index < -0.39 is 0 Å². The third-order valence-electron chi connectivity index (χ3n) is 5.54. The highest BCUT2D eigenvalue weighted by Crippen LogP contribution is 2.28. The summed E-state index contributed by atoms with van der Waals surface area (Å²) in [6.07, 6.45) is 9.07. The normalized spacial score (nSPS) is 17.4.